The summed E-state index contributed by atoms with van der Waals surface area (Å²) in [5, 5.41) is 21.7. The second kappa shape index (κ2) is 10.4. The van der Waals surface area contributed by atoms with Gasteiger partial charge in [0, 0.05) is 18.1 Å². The van der Waals surface area contributed by atoms with Gasteiger partial charge in [-0.2, -0.15) is 0 Å². The number of alkyl halides is 3. The molecule has 2 heterocycles. The fourth-order valence-electron chi connectivity index (χ4n) is 7.02. The molecule has 2 aromatic rings. The number of hydrogen-bond donors (Lipinski definition) is 1. The third-order valence-corrected chi connectivity index (χ3v) is 11.7. The number of phenolic OH excluding ortho intramolecular Hbond substituents is 1. The van der Waals surface area contributed by atoms with Gasteiger partial charge in [-0.05, 0) is 71.2 Å². The van der Waals surface area contributed by atoms with E-state index < -0.39 is 62.0 Å². The summed E-state index contributed by atoms with van der Waals surface area (Å²) < 4.78 is 5.77. The van der Waals surface area contributed by atoms with Crippen LogP contribution < -0.4 is 9.64 Å². The minimum Gasteiger partial charge on any atom is -0.504 e. The van der Waals surface area contributed by atoms with Crippen LogP contribution in [-0.4, -0.2) is 60.9 Å². The summed E-state index contributed by atoms with van der Waals surface area (Å²) in [6.45, 7) is 0. The molecule has 2 saturated heterocycles. The number of likely N-dealkylation sites (tertiary alicyclic amines) is 1. The number of nitro groups is 1. The fourth-order valence-corrected chi connectivity index (χ4v) is 9.07. The topological polar surface area (TPSA) is 147 Å². The summed E-state index contributed by atoms with van der Waals surface area (Å²) in [5.74, 6) is -5.93. The first-order valence-corrected chi connectivity index (χ1v) is 16.0. The highest BCUT2D eigenvalue weighted by Crippen LogP contribution is 2.66. The molecule has 6 rings (SSSR count). The molecule has 2 aromatic carbocycles. The lowest BCUT2D eigenvalue weighted by atomic mass is 9.56. The van der Waals surface area contributed by atoms with Crippen LogP contribution in [0.5, 0.6) is 11.5 Å². The van der Waals surface area contributed by atoms with E-state index in [9.17, 15) is 34.4 Å². The van der Waals surface area contributed by atoms with Crippen molar-refractivity contribution in [2.75, 3.05) is 17.5 Å². The summed E-state index contributed by atoms with van der Waals surface area (Å²) in [4.78, 5) is 63.9. The van der Waals surface area contributed by atoms with E-state index in [1.807, 2.05) is 22.6 Å². The quantitative estimate of drug-likeness (QED) is 0.0861. The lowest BCUT2D eigenvalue weighted by Gasteiger charge is -2.50. The molecule has 0 radical (unpaired) electrons. The minimum atomic E-state index is -2.00. The number of carbonyl (C=O) groups excluding carboxylic acids is 4. The normalized spacial score (nSPS) is 31.5. The number of nitrogens with zero attached hydrogens (tertiary/aromatic N) is 3. The van der Waals surface area contributed by atoms with Gasteiger partial charge < -0.3 is 9.84 Å². The van der Waals surface area contributed by atoms with Crippen LogP contribution in [0.1, 0.15) is 24.3 Å². The molecule has 1 N–H and O–H groups in total. The molecule has 0 spiro atoms. The number of imide groups is 2. The monoisotopic (exact) mass is 803 g/mol. The van der Waals surface area contributed by atoms with E-state index in [1.165, 1.54) is 37.4 Å². The Hall–Kier alpha value is -2.75. The first-order chi connectivity index (χ1) is 20.3. The van der Waals surface area contributed by atoms with Crippen LogP contribution >= 0.6 is 61.7 Å². The SMILES string of the molecule is COc1cc([C@H]2C3=CC[C@@H]4C(=O)N(c5ccc([N+](=O)[O-])cc5)C(=O)[C@@H]4[C@@H]3C[C@@]3(Cl)C(=O)N(CBr)C(=O)[C@@]23Cl)cc(I)c1O. The lowest BCUT2D eigenvalue weighted by molar-refractivity contribution is -0.384. The van der Waals surface area contributed by atoms with Crippen LogP contribution in [0.3, 0.4) is 0 Å². The van der Waals surface area contributed by atoms with E-state index in [0.29, 0.717) is 14.7 Å². The third-order valence-electron chi connectivity index (χ3n) is 8.94. The van der Waals surface area contributed by atoms with Gasteiger partial charge in [-0.3, -0.25) is 39.1 Å². The summed E-state index contributed by atoms with van der Waals surface area (Å²) in [6.07, 6.45) is 1.76. The van der Waals surface area contributed by atoms with E-state index in [2.05, 4.69) is 15.9 Å². The summed E-state index contributed by atoms with van der Waals surface area (Å²) >= 11 is 19.6. The van der Waals surface area contributed by atoms with Crippen molar-refractivity contribution in [3.05, 3.63) is 67.3 Å². The molecule has 2 aliphatic carbocycles. The smallest absolute Gasteiger partial charge is 0.269 e. The average molecular weight is 805 g/mol. The van der Waals surface area contributed by atoms with Crippen molar-refractivity contribution in [2.24, 2.45) is 17.8 Å². The average Bonchev–Trinajstić information content (AvgIpc) is 3.32. The van der Waals surface area contributed by atoms with Crippen LogP contribution in [0.25, 0.3) is 0 Å². The molecular weight excluding hydrogens is 784 g/mol. The molecule has 224 valence electrons. The number of fused-ring (bicyclic) bond motifs is 4. The third kappa shape index (κ3) is 4.03. The Morgan fingerprint density at radius 2 is 1.79 bits per heavy atom. The number of non-ortho nitro benzene ring substituents is 1. The Morgan fingerprint density at radius 1 is 1.12 bits per heavy atom. The highest BCUT2D eigenvalue weighted by atomic mass is 127. The van der Waals surface area contributed by atoms with Gasteiger partial charge in [0.2, 0.25) is 11.8 Å². The zero-order valence-corrected chi connectivity index (χ0v) is 27.4. The molecule has 6 atom stereocenters. The number of halogens is 4. The molecule has 4 amide bonds. The molecule has 15 heteroatoms. The number of ether oxygens (including phenoxy) is 1. The van der Waals surface area contributed by atoms with Crippen LogP contribution in [0.15, 0.2) is 48.0 Å². The van der Waals surface area contributed by atoms with Crippen molar-refractivity contribution < 1.29 is 33.9 Å². The van der Waals surface area contributed by atoms with Crippen molar-refractivity contribution in [1.82, 2.24) is 4.90 Å². The number of methoxy groups -OCH3 is 1. The number of phenols is 1. The van der Waals surface area contributed by atoms with E-state index >= 15 is 0 Å². The standard InChI is InChI=1S/C28H21BrCl2IN3O8/c1-43-19-9-12(8-18(32)22(19)36)21-15-6-7-16-20(17(15)10-27(30)25(39)33(11-29)26(40)28(21,27)31)24(38)34(23(16)37)13-2-4-14(5-3-13)35(41)42/h2-6,8-9,16-17,20-21,36H,7,10-11H2,1H3/t16-,17+,20-,21-,27+,28-/m0/s1. The van der Waals surface area contributed by atoms with E-state index in [1.54, 1.807) is 12.1 Å². The van der Waals surface area contributed by atoms with Crippen molar-refractivity contribution in [3.63, 3.8) is 0 Å². The largest absolute Gasteiger partial charge is 0.504 e. The summed E-state index contributed by atoms with van der Waals surface area (Å²) in [7, 11) is 1.37. The molecule has 0 aromatic heterocycles. The highest BCUT2D eigenvalue weighted by Gasteiger charge is 2.76. The number of benzene rings is 2. The second-order valence-electron chi connectivity index (χ2n) is 10.8. The Balaban J connectivity index is 1.51. The zero-order chi connectivity index (χ0) is 31.2. The van der Waals surface area contributed by atoms with Crippen LogP contribution in [0.4, 0.5) is 11.4 Å². The number of anilines is 1. The summed E-state index contributed by atoms with van der Waals surface area (Å²) in [6, 6.07) is 8.26. The Bertz CT molecular complexity index is 1670. The number of rotatable bonds is 5. The fraction of sp³-hybridized carbons (Fsp3) is 0.357. The molecule has 0 unspecified atom stereocenters. The van der Waals surface area contributed by atoms with Crippen molar-refractivity contribution in [3.8, 4) is 11.5 Å². The summed E-state index contributed by atoms with van der Waals surface area (Å²) in [5.41, 5.74) is 0.862. The molecule has 4 aliphatic rings. The number of carbonyl (C=O) groups is 4. The van der Waals surface area contributed by atoms with E-state index in [0.717, 1.165) is 9.80 Å². The van der Waals surface area contributed by atoms with Gasteiger partial charge in [-0.1, -0.05) is 27.6 Å². The number of nitro benzene ring substituents is 1. The van der Waals surface area contributed by atoms with Crippen molar-refractivity contribution in [2.45, 2.75) is 28.5 Å². The van der Waals surface area contributed by atoms with E-state index in [-0.39, 0.29) is 41.2 Å². The lowest BCUT2D eigenvalue weighted by Crippen LogP contribution is -2.60. The molecule has 0 bridgehead atoms. The first kappa shape index (κ1) is 30.3. The van der Waals surface area contributed by atoms with Crippen molar-refractivity contribution >= 4 is 96.7 Å². The zero-order valence-electron chi connectivity index (χ0n) is 22.1. The second-order valence-corrected chi connectivity index (χ2v) is 13.7. The van der Waals surface area contributed by atoms with Gasteiger partial charge in [0.25, 0.3) is 17.5 Å². The van der Waals surface area contributed by atoms with Gasteiger partial charge >= 0.3 is 0 Å². The van der Waals surface area contributed by atoms with Crippen molar-refractivity contribution in [1.29, 1.82) is 0 Å². The Labute approximate surface area is 276 Å². The van der Waals surface area contributed by atoms with Gasteiger partial charge in [0.15, 0.2) is 21.2 Å². The molecule has 2 aliphatic heterocycles. The number of allylic oxidation sites excluding steroid dienone is 2. The molecular formula is C28H21BrCl2IN3O8. The number of aromatic hydroxyl groups is 1. The van der Waals surface area contributed by atoms with Crippen LogP contribution in [0, 0.1) is 31.4 Å². The maximum atomic E-state index is 14.1. The van der Waals surface area contributed by atoms with Gasteiger partial charge in [0.05, 0.1) is 38.6 Å². The van der Waals surface area contributed by atoms with E-state index in [4.69, 9.17) is 27.9 Å². The number of hydrogen-bond acceptors (Lipinski definition) is 8. The van der Waals surface area contributed by atoms with Crippen LogP contribution in [-0.2, 0) is 19.2 Å². The molecule has 1 saturated carbocycles. The number of amides is 4. The Kier molecular flexibility index (Phi) is 7.34. The predicted molar refractivity (Wildman–Crippen MR) is 166 cm³/mol. The Morgan fingerprint density at radius 3 is 2.40 bits per heavy atom. The van der Waals surface area contributed by atoms with Gasteiger partial charge in [-0.15, -0.1) is 23.2 Å². The minimum absolute atomic E-state index is 0.115. The molecule has 43 heavy (non-hydrogen) atoms. The molecule has 3 fully saturated rings. The van der Waals surface area contributed by atoms with Crippen LogP contribution in [0.2, 0.25) is 0 Å². The van der Waals surface area contributed by atoms with Gasteiger partial charge in [0.1, 0.15) is 0 Å². The first-order valence-electron chi connectivity index (χ1n) is 13.0. The maximum absolute atomic E-state index is 14.1. The van der Waals surface area contributed by atoms with Gasteiger partial charge in [-0.25, -0.2) is 0 Å². The molecule has 11 nitrogen and oxygen atoms in total. The maximum Gasteiger partial charge on any atom is 0.269 e. The predicted octanol–water partition coefficient (Wildman–Crippen LogP) is 4.83. The highest BCUT2D eigenvalue weighted by molar-refractivity contribution is 14.1.